The molecule has 0 saturated carbocycles. The standard InChI is InChI=1S/C23H37N5O2/c1-15(17-6-5-9-24-12-17)16(2)21(29)28-14-20-19(23(28,3)4)13-25-22(27-20)26-18-7-10-30-11-8-18/h13,15-18,24H,5-12,14H2,1-4H3,(H,25,26,27). The first kappa shape index (κ1) is 21.5. The van der Waals surface area contributed by atoms with E-state index in [4.69, 9.17) is 9.72 Å². The number of carbonyl (C=O) groups excluding carboxylic acids is 1. The van der Waals surface area contributed by atoms with Crippen molar-refractivity contribution in [1.29, 1.82) is 0 Å². The van der Waals surface area contributed by atoms with Crippen LogP contribution in [0.15, 0.2) is 6.20 Å². The average Bonchev–Trinajstić information content (AvgIpc) is 3.03. The first-order valence-electron chi connectivity index (χ1n) is 11.6. The molecule has 2 fully saturated rings. The van der Waals surface area contributed by atoms with E-state index in [1.54, 1.807) is 0 Å². The summed E-state index contributed by atoms with van der Waals surface area (Å²) in [5.41, 5.74) is 1.65. The van der Waals surface area contributed by atoms with E-state index in [1.165, 1.54) is 12.8 Å². The Kier molecular flexibility index (Phi) is 6.30. The number of hydrogen-bond acceptors (Lipinski definition) is 6. The highest BCUT2D eigenvalue weighted by molar-refractivity contribution is 5.80. The summed E-state index contributed by atoms with van der Waals surface area (Å²) in [5, 5.41) is 6.94. The van der Waals surface area contributed by atoms with Crippen molar-refractivity contribution in [2.75, 3.05) is 31.6 Å². The Morgan fingerprint density at radius 2 is 2.07 bits per heavy atom. The Balaban J connectivity index is 1.46. The summed E-state index contributed by atoms with van der Waals surface area (Å²) >= 11 is 0. The minimum atomic E-state index is -0.386. The van der Waals surface area contributed by atoms with E-state index in [-0.39, 0.29) is 17.4 Å². The predicted octanol–water partition coefficient (Wildman–Crippen LogP) is 2.92. The third kappa shape index (κ3) is 4.19. The lowest BCUT2D eigenvalue weighted by Gasteiger charge is -2.38. The first-order chi connectivity index (χ1) is 14.4. The van der Waals surface area contributed by atoms with Crippen molar-refractivity contribution in [3.8, 4) is 0 Å². The maximum Gasteiger partial charge on any atom is 0.226 e. The second kappa shape index (κ2) is 8.79. The highest BCUT2D eigenvalue weighted by Gasteiger charge is 2.44. The molecule has 166 valence electrons. The van der Waals surface area contributed by atoms with E-state index in [1.807, 2.05) is 11.1 Å². The molecule has 1 aromatic heterocycles. The molecule has 0 aromatic carbocycles. The van der Waals surface area contributed by atoms with Gasteiger partial charge in [0, 0.05) is 36.9 Å². The number of anilines is 1. The summed E-state index contributed by atoms with van der Waals surface area (Å²) in [6, 6.07) is 0.355. The van der Waals surface area contributed by atoms with Crippen LogP contribution in [0.25, 0.3) is 0 Å². The van der Waals surface area contributed by atoms with Gasteiger partial charge in [-0.05, 0) is 64.5 Å². The number of hydrogen-bond donors (Lipinski definition) is 2. The summed E-state index contributed by atoms with van der Waals surface area (Å²) in [7, 11) is 0. The molecule has 3 aliphatic rings. The van der Waals surface area contributed by atoms with Gasteiger partial charge in [-0.3, -0.25) is 4.79 Å². The van der Waals surface area contributed by atoms with Gasteiger partial charge in [-0.1, -0.05) is 13.8 Å². The molecule has 30 heavy (non-hydrogen) atoms. The summed E-state index contributed by atoms with van der Waals surface area (Å²) in [6.07, 6.45) is 6.28. The van der Waals surface area contributed by atoms with Crippen molar-refractivity contribution in [2.45, 2.75) is 71.5 Å². The monoisotopic (exact) mass is 415 g/mol. The van der Waals surface area contributed by atoms with Crippen molar-refractivity contribution in [1.82, 2.24) is 20.2 Å². The molecule has 4 heterocycles. The Hall–Kier alpha value is -1.73. The highest BCUT2D eigenvalue weighted by atomic mass is 16.5. The van der Waals surface area contributed by atoms with Crippen molar-refractivity contribution < 1.29 is 9.53 Å². The fraction of sp³-hybridized carbons (Fsp3) is 0.783. The number of rotatable bonds is 5. The van der Waals surface area contributed by atoms with Crippen LogP contribution in [0.1, 0.15) is 64.6 Å². The SMILES string of the molecule is CC(C(=O)N1Cc2nc(NC3CCOCC3)ncc2C1(C)C)C(C)C1CCCNC1. The largest absolute Gasteiger partial charge is 0.381 e. The maximum atomic E-state index is 13.5. The fourth-order valence-corrected chi connectivity index (χ4v) is 5.20. The fourth-order valence-electron chi connectivity index (χ4n) is 5.20. The van der Waals surface area contributed by atoms with Gasteiger partial charge in [-0.25, -0.2) is 9.97 Å². The number of carbonyl (C=O) groups is 1. The van der Waals surface area contributed by atoms with Crippen LogP contribution in [0.2, 0.25) is 0 Å². The van der Waals surface area contributed by atoms with Gasteiger partial charge in [0.25, 0.3) is 0 Å². The first-order valence-corrected chi connectivity index (χ1v) is 11.6. The molecule has 1 amide bonds. The molecular weight excluding hydrogens is 378 g/mol. The average molecular weight is 416 g/mol. The Morgan fingerprint density at radius 3 is 2.77 bits per heavy atom. The molecule has 3 unspecified atom stereocenters. The number of nitrogens with zero attached hydrogens (tertiary/aromatic N) is 3. The van der Waals surface area contributed by atoms with Crippen LogP contribution in [0.3, 0.4) is 0 Å². The smallest absolute Gasteiger partial charge is 0.226 e. The number of fused-ring (bicyclic) bond motifs is 1. The second-order valence-electron chi connectivity index (χ2n) is 9.82. The summed E-state index contributed by atoms with van der Waals surface area (Å²) in [6.45, 7) is 12.8. The van der Waals surface area contributed by atoms with Gasteiger partial charge in [0.15, 0.2) is 0 Å². The van der Waals surface area contributed by atoms with Gasteiger partial charge < -0.3 is 20.3 Å². The molecule has 0 radical (unpaired) electrons. The minimum Gasteiger partial charge on any atom is -0.381 e. The quantitative estimate of drug-likeness (QED) is 0.770. The molecular formula is C23H37N5O2. The van der Waals surface area contributed by atoms with Crippen molar-refractivity contribution in [2.24, 2.45) is 17.8 Å². The van der Waals surface area contributed by atoms with Crippen LogP contribution in [-0.4, -0.2) is 53.1 Å². The third-order valence-corrected chi connectivity index (χ3v) is 7.59. The van der Waals surface area contributed by atoms with Gasteiger partial charge >= 0.3 is 0 Å². The van der Waals surface area contributed by atoms with Gasteiger partial charge in [-0.2, -0.15) is 0 Å². The molecule has 0 aliphatic carbocycles. The van der Waals surface area contributed by atoms with E-state index >= 15 is 0 Å². The summed E-state index contributed by atoms with van der Waals surface area (Å²) < 4.78 is 5.44. The third-order valence-electron chi connectivity index (χ3n) is 7.59. The molecule has 7 heteroatoms. The molecule has 4 rings (SSSR count). The Morgan fingerprint density at radius 1 is 1.30 bits per heavy atom. The normalized spacial score (nSPS) is 26.1. The Labute approximate surface area is 180 Å². The summed E-state index contributed by atoms with van der Waals surface area (Å²) in [4.78, 5) is 24.9. The predicted molar refractivity (Wildman–Crippen MR) is 117 cm³/mol. The van der Waals surface area contributed by atoms with Gasteiger partial charge in [0.05, 0.1) is 17.8 Å². The van der Waals surface area contributed by atoms with Crippen LogP contribution >= 0.6 is 0 Å². The molecule has 2 saturated heterocycles. The molecule has 1 aromatic rings. The molecule has 7 nitrogen and oxygen atoms in total. The maximum absolute atomic E-state index is 13.5. The lowest BCUT2D eigenvalue weighted by atomic mass is 9.79. The van der Waals surface area contributed by atoms with E-state index in [2.05, 4.69) is 43.3 Å². The van der Waals surface area contributed by atoms with Gasteiger partial charge in [0.1, 0.15) is 0 Å². The van der Waals surface area contributed by atoms with Crippen LogP contribution in [-0.2, 0) is 21.6 Å². The summed E-state index contributed by atoms with van der Waals surface area (Å²) in [5.74, 6) is 1.83. The van der Waals surface area contributed by atoms with Crippen molar-refractivity contribution in [3.63, 3.8) is 0 Å². The van der Waals surface area contributed by atoms with Crippen LogP contribution in [0, 0.1) is 17.8 Å². The van der Waals surface area contributed by atoms with E-state index in [0.717, 1.165) is 50.4 Å². The number of ether oxygens (including phenoxy) is 1. The molecule has 3 aliphatic heterocycles. The highest BCUT2D eigenvalue weighted by Crippen LogP contribution is 2.40. The molecule has 0 spiro atoms. The Bertz CT molecular complexity index is 756. The zero-order valence-corrected chi connectivity index (χ0v) is 18.9. The van der Waals surface area contributed by atoms with Crippen LogP contribution in [0.4, 0.5) is 5.95 Å². The van der Waals surface area contributed by atoms with Gasteiger partial charge in [0.2, 0.25) is 11.9 Å². The lowest BCUT2D eigenvalue weighted by Crippen LogP contribution is -2.46. The zero-order chi connectivity index (χ0) is 21.3. The van der Waals surface area contributed by atoms with E-state index in [9.17, 15) is 4.79 Å². The van der Waals surface area contributed by atoms with E-state index < -0.39 is 0 Å². The topological polar surface area (TPSA) is 79.4 Å². The minimum absolute atomic E-state index is 0.00344. The number of nitrogens with one attached hydrogen (secondary N) is 2. The lowest BCUT2D eigenvalue weighted by molar-refractivity contribution is -0.143. The zero-order valence-electron chi connectivity index (χ0n) is 18.9. The van der Waals surface area contributed by atoms with Gasteiger partial charge in [-0.15, -0.1) is 0 Å². The second-order valence-corrected chi connectivity index (χ2v) is 9.82. The number of aromatic nitrogens is 2. The van der Waals surface area contributed by atoms with Crippen LogP contribution < -0.4 is 10.6 Å². The molecule has 2 N–H and O–H groups in total. The molecule has 3 atom stereocenters. The van der Waals surface area contributed by atoms with Crippen molar-refractivity contribution >= 4 is 11.9 Å². The van der Waals surface area contributed by atoms with E-state index in [0.29, 0.717) is 30.4 Å². The number of piperidine rings is 1. The number of amides is 1. The van der Waals surface area contributed by atoms with Crippen LogP contribution in [0.5, 0.6) is 0 Å². The van der Waals surface area contributed by atoms with Crippen molar-refractivity contribution in [3.05, 3.63) is 17.5 Å². The molecule has 0 bridgehead atoms.